The van der Waals surface area contributed by atoms with E-state index in [9.17, 15) is 0 Å². The third-order valence-corrected chi connectivity index (χ3v) is 2.81. The van der Waals surface area contributed by atoms with Gasteiger partial charge in [-0.3, -0.25) is 0 Å². The van der Waals surface area contributed by atoms with Crippen LogP contribution in [0, 0.1) is 0 Å². The molecule has 0 fully saturated rings. The number of hydrogen-bond donors (Lipinski definition) is 2. The minimum atomic E-state index is 1.06. The van der Waals surface area contributed by atoms with Gasteiger partial charge in [0.05, 0.1) is 4.90 Å². The average Bonchev–Trinajstić information content (AvgIpc) is 2.70. The van der Waals surface area contributed by atoms with E-state index in [2.05, 4.69) is 21.7 Å². The van der Waals surface area contributed by atoms with E-state index in [1.807, 2.05) is 28.9 Å². The largest absolute Gasteiger partial charge is 0.312 e. The van der Waals surface area contributed by atoms with E-state index in [-0.39, 0.29) is 0 Å². The van der Waals surface area contributed by atoms with Gasteiger partial charge in [-0.1, -0.05) is 22.9 Å². The topological polar surface area (TPSA) is 32.6 Å². The highest BCUT2D eigenvalue weighted by Gasteiger charge is 2.08. The number of aromatic nitrogens is 3. The molecule has 0 atom stereocenters. The highest BCUT2D eigenvalue weighted by atomic mass is 33.1. The van der Waals surface area contributed by atoms with Crippen LogP contribution in [0.4, 0.5) is 0 Å². The Morgan fingerprint density at radius 1 is 1.38 bits per heavy atom. The molecule has 0 saturated carbocycles. The molecule has 2 aromatic rings. The van der Waals surface area contributed by atoms with Gasteiger partial charge < -0.3 is 0 Å². The molecule has 0 radical (unpaired) electrons. The monoisotopic (exact) mass is 210 g/mol. The minimum absolute atomic E-state index is 1.06. The van der Waals surface area contributed by atoms with Crippen LogP contribution in [0.5, 0.6) is 0 Å². The van der Waals surface area contributed by atoms with E-state index in [0.29, 0.717) is 0 Å². The highest BCUT2D eigenvalue weighted by Crippen LogP contribution is 2.24. The van der Waals surface area contributed by atoms with Crippen molar-refractivity contribution in [2.45, 2.75) is 4.90 Å². The molecule has 0 saturated heterocycles. The average molecular weight is 210 g/mol. The summed E-state index contributed by atoms with van der Waals surface area (Å²) in [7, 11) is 1.42. The van der Waals surface area contributed by atoms with Crippen LogP contribution in [0.2, 0.25) is 0 Å². The Labute approximate surface area is 85.0 Å². The second-order valence-electron chi connectivity index (χ2n) is 2.45. The predicted octanol–water partition coefficient (Wildman–Crippen LogP) is 1.62. The third-order valence-electron chi connectivity index (χ3n) is 1.68. The minimum Gasteiger partial charge on any atom is -0.189 e. The maximum absolute atomic E-state index is 4.18. The Hall–Kier alpha value is -0.940. The van der Waals surface area contributed by atoms with E-state index >= 15 is 0 Å². The smallest absolute Gasteiger partial charge is 0.189 e. The lowest BCUT2D eigenvalue weighted by molar-refractivity contribution is -0.658. The summed E-state index contributed by atoms with van der Waals surface area (Å²) < 4.78 is 1.85. The fourth-order valence-corrected chi connectivity index (χ4v) is 1.96. The van der Waals surface area contributed by atoms with Gasteiger partial charge in [-0.25, -0.2) is 0 Å². The first-order valence-corrected chi connectivity index (χ1v) is 5.59. The van der Waals surface area contributed by atoms with Crippen LogP contribution in [-0.2, 0) is 0 Å². The summed E-state index contributed by atoms with van der Waals surface area (Å²) >= 11 is 4.18. The van der Waals surface area contributed by atoms with Crippen LogP contribution in [0.1, 0.15) is 0 Å². The molecule has 0 aliphatic rings. The second kappa shape index (κ2) is 3.85. The zero-order valence-corrected chi connectivity index (χ0v) is 8.42. The maximum Gasteiger partial charge on any atom is 0.312 e. The van der Waals surface area contributed by atoms with Crippen LogP contribution in [0.15, 0.2) is 41.8 Å². The van der Waals surface area contributed by atoms with E-state index in [0.717, 1.165) is 10.6 Å². The number of nitrogens with one attached hydrogen (secondary N) is 1. The van der Waals surface area contributed by atoms with Gasteiger partial charge in [0.25, 0.3) is 0 Å². The van der Waals surface area contributed by atoms with Gasteiger partial charge in [-0.05, 0) is 17.1 Å². The number of thiol groups is 1. The van der Waals surface area contributed by atoms with Crippen molar-refractivity contribution in [2.24, 2.45) is 0 Å². The number of nitrogens with zero attached hydrogens (tertiary/aromatic N) is 2. The normalized spacial score (nSPS) is 10.2. The third kappa shape index (κ3) is 1.71. The summed E-state index contributed by atoms with van der Waals surface area (Å²) in [4.78, 5) is 5.04. The highest BCUT2D eigenvalue weighted by molar-refractivity contribution is 8.68. The molecular weight excluding hydrogens is 202 g/mol. The Morgan fingerprint density at radius 2 is 2.23 bits per heavy atom. The molecule has 0 aliphatic carbocycles. The molecule has 1 aromatic heterocycles. The molecule has 13 heavy (non-hydrogen) atoms. The van der Waals surface area contributed by atoms with Crippen molar-refractivity contribution in [3.63, 3.8) is 0 Å². The van der Waals surface area contributed by atoms with Crippen LogP contribution in [0.3, 0.4) is 0 Å². The van der Waals surface area contributed by atoms with Crippen LogP contribution in [0.25, 0.3) is 5.69 Å². The fourth-order valence-electron chi connectivity index (χ4n) is 1.09. The van der Waals surface area contributed by atoms with Gasteiger partial charge >= 0.3 is 6.33 Å². The summed E-state index contributed by atoms with van der Waals surface area (Å²) in [6.07, 6.45) is 3.36. The van der Waals surface area contributed by atoms with Gasteiger partial charge in [0.15, 0.2) is 5.69 Å². The SMILES string of the molecule is SSc1ccccc1-[n+]1cnc[nH]1. The van der Waals surface area contributed by atoms with Crippen LogP contribution >= 0.6 is 22.5 Å². The maximum atomic E-state index is 4.18. The Morgan fingerprint density at radius 3 is 2.92 bits per heavy atom. The van der Waals surface area contributed by atoms with E-state index in [1.165, 1.54) is 10.8 Å². The molecule has 0 spiro atoms. The zero-order chi connectivity index (χ0) is 9.10. The number of H-pyrrole nitrogens is 1. The molecular formula is C8H8N3S2+. The molecule has 5 heteroatoms. The molecule has 1 N–H and O–H groups in total. The Bertz CT molecular complexity index is 386. The number of hydrogen-bond acceptors (Lipinski definition) is 3. The molecule has 3 nitrogen and oxygen atoms in total. The zero-order valence-electron chi connectivity index (χ0n) is 6.71. The van der Waals surface area contributed by atoms with Gasteiger partial charge in [-0.2, -0.15) is 5.10 Å². The molecule has 1 aromatic carbocycles. The molecule has 2 rings (SSSR count). The summed E-state index contributed by atoms with van der Waals surface area (Å²) in [6.45, 7) is 0. The standard InChI is InChI=1S/C8H7N3S2/c12-13-8-4-2-1-3-7(8)11-6-9-5-10-11/h1-6,12H/p+1. The number of benzene rings is 1. The molecule has 0 amide bonds. The molecule has 66 valence electrons. The second-order valence-corrected chi connectivity index (χ2v) is 3.62. The van der Waals surface area contributed by atoms with Gasteiger partial charge in [0.2, 0.25) is 6.33 Å². The lowest BCUT2D eigenvalue weighted by atomic mass is 10.3. The molecule has 0 bridgehead atoms. The molecule has 0 aliphatic heterocycles. The fraction of sp³-hybridized carbons (Fsp3) is 0. The van der Waals surface area contributed by atoms with Crippen LogP contribution in [-0.4, -0.2) is 10.1 Å². The first kappa shape index (κ1) is 8.65. The summed E-state index contributed by atoms with van der Waals surface area (Å²) in [5.74, 6) is 0. The lowest BCUT2D eigenvalue weighted by Gasteiger charge is -1.99. The van der Waals surface area contributed by atoms with Crippen molar-refractivity contribution < 1.29 is 4.68 Å². The summed E-state index contributed by atoms with van der Waals surface area (Å²) in [5, 5.41) is 2.99. The molecule has 0 unspecified atom stereocenters. The van der Waals surface area contributed by atoms with Crippen LogP contribution < -0.4 is 4.68 Å². The summed E-state index contributed by atoms with van der Waals surface area (Å²) in [5.41, 5.74) is 1.06. The van der Waals surface area contributed by atoms with Crippen molar-refractivity contribution in [3.8, 4) is 5.69 Å². The summed E-state index contributed by atoms with van der Waals surface area (Å²) in [6, 6.07) is 7.99. The number of rotatable bonds is 2. The van der Waals surface area contributed by atoms with Crippen molar-refractivity contribution in [1.82, 2.24) is 10.1 Å². The first-order chi connectivity index (χ1) is 6.42. The van der Waals surface area contributed by atoms with E-state index in [4.69, 9.17) is 0 Å². The van der Waals surface area contributed by atoms with Crippen molar-refractivity contribution in [2.75, 3.05) is 0 Å². The van der Waals surface area contributed by atoms with Crippen molar-refractivity contribution in [3.05, 3.63) is 36.9 Å². The van der Waals surface area contributed by atoms with Crippen molar-refractivity contribution >= 4 is 22.5 Å². The number of aromatic amines is 1. The van der Waals surface area contributed by atoms with Gasteiger partial charge in [0, 0.05) is 0 Å². The number of para-hydroxylation sites is 1. The van der Waals surface area contributed by atoms with E-state index < -0.39 is 0 Å². The Kier molecular flexibility index (Phi) is 2.56. The molecule has 1 heterocycles. The lowest BCUT2D eigenvalue weighted by Crippen LogP contribution is -2.32. The Balaban J connectivity index is 2.51. The predicted molar refractivity (Wildman–Crippen MR) is 55.0 cm³/mol. The van der Waals surface area contributed by atoms with E-state index in [1.54, 1.807) is 12.7 Å². The quantitative estimate of drug-likeness (QED) is 0.448. The van der Waals surface area contributed by atoms with Crippen molar-refractivity contribution in [1.29, 1.82) is 0 Å². The van der Waals surface area contributed by atoms with Gasteiger partial charge in [0.1, 0.15) is 0 Å². The first-order valence-electron chi connectivity index (χ1n) is 3.72. The van der Waals surface area contributed by atoms with Gasteiger partial charge in [-0.15, -0.1) is 16.3 Å².